The lowest BCUT2D eigenvalue weighted by atomic mass is 9.80. The number of nitrogens with one attached hydrogen (secondary N) is 1. The molecule has 0 unspecified atom stereocenters. The van der Waals surface area contributed by atoms with E-state index in [0.717, 1.165) is 43.0 Å². The molecule has 0 aromatic carbocycles. The average molecular weight is 269 g/mol. The molecule has 0 spiro atoms. The first-order chi connectivity index (χ1) is 8.60. The maximum atomic E-state index is 5.59. The van der Waals surface area contributed by atoms with E-state index in [1.165, 1.54) is 0 Å². The standard InChI is InChI=1S/C13H23N3OS/c1-4-17-11-5-10(6-11)7-12-14-15-13(18)16(12)8-9(2)3/h9-11H,4-8H2,1-3H3,(H,15,18). The van der Waals surface area contributed by atoms with Crippen LogP contribution in [0.4, 0.5) is 0 Å². The maximum absolute atomic E-state index is 5.59. The Balaban J connectivity index is 1.92. The van der Waals surface area contributed by atoms with Gasteiger partial charge in [0.1, 0.15) is 5.82 Å². The molecule has 1 aromatic rings. The fraction of sp³-hybridized carbons (Fsp3) is 0.846. The zero-order valence-electron chi connectivity index (χ0n) is 11.5. The highest BCUT2D eigenvalue weighted by atomic mass is 32.1. The predicted molar refractivity (Wildman–Crippen MR) is 74.1 cm³/mol. The van der Waals surface area contributed by atoms with Crippen LogP contribution in [0.1, 0.15) is 39.4 Å². The Kier molecular flexibility index (Phi) is 4.56. The summed E-state index contributed by atoms with van der Waals surface area (Å²) in [6, 6.07) is 0. The molecule has 1 saturated carbocycles. The third-order valence-electron chi connectivity index (χ3n) is 3.45. The summed E-state index contributed by atoms with van der Waals surface area (Å²) in [5, 5.41) is 7.28. The summed E-state index contributed by atoms with van der Waals surface area (Å²) in [5.74, 6) is 2.40. The second kappa shape index (κ2) is 5.97. The number of hydrogen-bond acceptors (Lipinski definition) is 3. The van der Waals surface area contributed by atoms with Gasteiger partial charge >= 0.3 is 0 Å². The molecule has 0 radical (unpaired) electrons. The summed E-state index contributed by atoms with van der Waals surface area (Å²) in [6.45, 7) is 8.23. The highest BCUT2D eigenvalue weighted by molar-refractivity contribution is 7.71. The lowest BCUT2D eigenvalue weighted by Crippen LogP contribution is -2.33. The highest BCUT2D eigenvalue weighted by Gasteiger charge is 2.30. The summed E-state index contributed by atoms with van der Waals surface area (Å²) in [4.78, 5) is 0. The van der Waals surface area contributed by atoms with Gasteiger partial charge in [0, 0.05) is 19.6 Å². The number of H-pyrrole nitrogens is 1. The van der Waals surface area contributed by atoms with E-state index in [4.69, 9.17) is 17.0 Å². The molecule has 0 saturated heterocycles. The van der Waals surface area contributed by atoms with E-state index in [-0.39, 0.29) is 0 Å². The number of aromatic amines is 1. The number of rotatable bonds is 6. The Morgan fingerprint density at radius 1 is 1.50 bits per heavy atom. The Morgan fingerprint density at radius 3 is 2.83 bits per heavy atom. The Morgan fingerprint density at radius 2 is 2.22 bits per heavy atom. The van der Waals surface area contributed by atoms with Crippen LogP contribution in [0, 0.1) is 16.6 Å². The summed E-state index contributed by atoms with van der Waals surface area (Å²) < 4.78 is 8.49. The molecule has 0 amide bonds. The van der Waals surface area contributed by atoms with E-state index in [0.29, 0.717) is 17.9 Å². The highest BCUT2D eigenvalue weighted by Crippen LogP contribution is 2.32. The van der Waals surface area contributed by atoms with E-state index < -0.39 is 0 Å². The van der Waals surface area contributed by atoms with Gasteiger partial charge in [-0.05, 0) is 43.8 Å². The van der Waals surface area contributed by atoms with E-state index in [2.05, 4.69) is 35.5 Å². The van der Waals surface area contributed by atoms with Crippen LogP contribution in [0.2, 0.25) is 0 Å². The van der Waals surface area contributed by atoms with Crippen molar-refractivity contribution in [1.82, 2.24) is 14.8 Å². The smallest absolute Gasteiger partial charge is 0.195 e. The first kappa shape index (κ1) is 13.7. The van der Waals surface area contributed by atoms with Gasteiger partial charge in [0.2, 0.25) is 0 Å². The largest absolute Gasteiger partial charge is 0.378 e. The lowest BCUT2D eigenvalue weighted by molar-refractivity contribution is -0.0247. The second-order valence-corrected chi connectivity index (χ2v) is 5.96. The molecule has 1 aliphatic carbocycles. The van der Waals surface area contributed by atoms with Crippen molar-refractivity contribution < 1.29 is 4.74 Å². The fourth-order valence-corrected chi connectivity index (χ4v) is 2.76. The number of ether oxygens (including phenoxy) is 1. The molecule has 1 aromatic heterocycles. The van der Waals surface area contributed by atoms with Crippen LogP contribution in [-0.2, 0) is 17.7 Å². The van der Waals surface area contributed by atoms with Gasteiger partial charge in [-0.3, -0.25) is 5.10 Å². The minimum atomic E-state index is 0.473. The first-order valence-corrected chi connectivity index (χ1v) is 7.26. The quantitative estimate of drug-likeness (QED) is 0.807. The maximum Gasteiger partial charge on any atom is 0.195 e. The van der Waals surface area contributed by atoms with Crippen LogP contribution in [0.25, 0.3) is 0 Å². The third kappa shape index (κ3) is 3.20. The van der Waals surface area contributed by atoms with E-state index in [1.807, 2.05) is 0 Å². The van der Waals surface area contributed by atoms with Crippen molar-refractivity contribution in [2.75, 3.05) is 6.61 Å². The van der Waals surface area contributed by atoms with Crippen molar-refractivity contribution in [2.24, 2.45) is 11.8 Å². The van der Waals surface area contributed by atoms with Crippen LogP contribution >= 0.6 is 12.2 Å². The van der Waals surface area contributed by atoms with Crippen LogP contribution < -0.4 is 0 Å². The molecule has 1 aliphatic rings. The average Bonchev–Trinajstić information content (AvgIpc) is 2.58. The van der Waals surface area contributed by atoms with Gasteiger partial charge < -0.3 is 9.30 Å². The Hall–Kier alpha value is -0.680. The molecule has 4 nitrogen and oxygen atoms in total. The zero-order chi connectivity index (χ0) is 13.1. The summed E-state index contributed by atoms with van der Waals surface area (Å²) in [7, 11) is 0. The molecule has 0 aliphatic heterocycles. The molecule has 1 heterocycles. The number of nitrogens with zero attached hydrogens (tertiary/aromatic N) is 2. The topological polar surface area (TPSA) is 42.8 Å². The van der Waals surface area contributed by atoms with Crippen molar-refractivity contribution in [3.05, 3.63) is 10.6 Å². The second-order valence-electron chi connectivity index (χ2n) is 5.57. The monoisotopic (exact) mass is 269 g/mol. The van der Waals surface area contributed by atoms with E-state index in [1.54, 1.807) is 0 Å². The van der Waals surface area contributed by atoms with Gasteiger partial charge in [0.05, 0.1) is 6.10 Å². The van der Waals surface area contributed by atoms with E-state index >= 15 is 0 Å². The predicted octanol–water partition coefficient (Wildman–Crippen LogP) is 2.95. The number of hydrogen-bond donors (Lipinski definition) is 1. The Labute approximate surface area is 114 Å². The molecule has 1 N–H and O–H groups in total. The van der Waals surface area contributed by atoms with Crippen LogP contribution in [0.15, 0.2) is 0 Å². The molecule has 5 heteroatoms. The molecule has 102 valence electrons. The van der Waals surface area contributed by atoms with Crippen LogP contribution in [0.3, 0.4) is 0 Å². The lowest BCUT2D eigenvalue weighted by Gasteiger charge is -2.34. The molecule has 1 fully saturated rings. The van der Waals surface area contributed by atoms with Crippen molar-refractivity contribution in [3.8, 4) is 0 Å². The Bertz CT molecular complexity index is 432. The van der Waals surface area contributed by atoms with Crippen LogP contribution in [-0.4, -0.2) is 27.5 Å². The molecule has 18 heavy (non-hydrogen) atoms. The van der Waals surface area contributed by atoms with Gasteiger partial charge in [-0.2, -0.15) is 5.10 Å². The first-order valence-electron chi connectivity index (χ1n) is 6.85. The van der Waals surface area contributed by atoms with Crippen molar-refractivity contribution in [2.45, 2.75) is 52.7 Å². The van der Waals surface area contributed by atoms with Gasteiger partial charge in [-0.1, -0.05) is 13.8 Å². The van der Waals surface area contributed by atoms with Gasteiger partial charge in [-0.15, -0.1) is 0 Å². The third-order valence-corrected chi connectivity index (χ3v) is 3.76. The minimum absolute atomic E-state index is 0.473. The minimum Gasteiger partial charge on any atom is -0.378 e. The molecule has 0 atom stereocenters. The molecule has 0 bridgehead atoms. The van der Waals surface area contributed by atoms with Gasteiger partial charge in [-0.25, -0.2) is 0 Å². The molecular weight excluding hydrogens is 246 g/mol. The summed E-state index contributed by atoms with van der Waals surface area (Å²) in [6.07, 6.45) is 3.81. The summed E-state index contributed by atoms with van der Waals surface area (Å²) in [5.41, 5.74) is 0. The molecule has 2 rings (SSSR count). The van der Waals surface area contributed by atoms with Crippen LogP contribution in [0.5, 0.6) is 0 Å². The van der Waals surface area contributed by atoms with Crippen molar-refractivity contribution >= 4 is 12.2 Å². The zero-order valence-corrected chi connectivity index (χ0v) is 12.3. The normalized spacial score (nSPS) is 23.3. The van der Waals surface area contributed by atoms with Gasteiger partial charge in [0.15, 0.2) is 4.77 Å². The summed E-state index contributed by atoms with van der Waals surface area (Å²) >= 11 is 5.28. The van der Waals surface area contributed by atoms with Gasteiger partial charge in [0.25, 0.3) is 0 Å². The fourth-order valence-electron chi connectivity index (χ4n) is 2.53. The van der Waals surface area contributed by atoms with Crippen molar-refractivity contribution in [1.29, 1.82) is 0 Å². The molecular formula is C13H23N3OS. The SMILES string of the molecule is CCOC1CC(Cc2n[nH]c(=S)n2CC(C)C)C1. The van der Waals surface area contributed by atoms with Crippen molar-refractivity contribution in [3.63, 3.8) is 0 Å². The van der Waals surface area contributed by atoms with E-state index in [9.17, 15) is 0 Å². The number of aromatic nitrogens is 3.